The van der Waals surface area contributed by atoms with Gasteiger partial charge >= 0.3 is 0 Å². The average Bonchev–Trinajstić information content (AvgIpc) is 4.08. The summed E-state index contributed by atoms with van der Waals surface area (Å²) >= 11 is 0. The van der Waals surface area contributed by atoms with Gasteiger partial charge in [-0.3, -0.25) is 0 Å². The summed E-state index contributed by atoms with van der Waals surface area (Å²) in [5.74, 6) is 0. The first kappa shape index (κ1) is 38.2. The molecule has 4 heteroatoms. The van der Waals surface area contributed by atoms with E-state index in [-0.39, 0.29) is 0 Å². The van der Waals surface area contributed by atoms with Gasteiger partial charge in [-0.2, -0.15) is 0 Å². The summed E-state index contributed by atoms with van der Waals surface area (Å²) in [7, 11) is 0. The first-order chi connectivity index (χ1) is 33.7. The number of anilines is 3. The van der Waals surface area contributed by atoms with Crippen LogP contribution < -0.4 is 4.90 Å². The van der Waals surface area contributed by atoms with E-state index in [2.05, 4.69) is 234 Å². The van der Waals surface area contributed by atoms with Crippen molar-refractivity contribution in [1.82, 2.24) is 4.57 Å². The summed E-state index contributed by atoms with van der Waals surface area (Å²) in [6, 6.07) is 87.1. The van der Waals surface area contributed by atoms with Crippen LogP contribution >= 0.6 is 0 Å². The maximum absolute atomic E-state index is 6.86. The number of hydrogen-bond acceptors (Lipinski definition) is 3. The molecule has 0 amide bonds. The summed E-state index contributed by atoms with van der Waals surface area (Å²) in [6.07, 6.45) is 0. The van der Waals surface area contributed by atoms with E-state index in [1.165, 1.54) is 21.9 Å². The van der Waals surface area contributed by atoms with Crippen LogP contribution in [0.15, 0.2) is 251 Å². The van der Waals surface area contributed by atoms with E-state index in [1.807, 2.05) is 18.2 Å². The molecule has 0 N–H and O–H groups in total. The van der Waals surface area contributed by atoms with Gasteiger partial charge in [0.1, 0.15) is 16.7 Å². The Kier molecular flexibility index (Phi) is 8.55. The predicted octanol–water partition coefficient (Wildman–Crippen LogP) is 18.2. The SMILES string of the molecule is c1ccc(-c2cc(-c3ccccc3)c3c(c2)c2ccc(N(c4ccc(-c5ccc6ccccc6c5)cc4)c4ccc5c(c4)oc4ccccc45)cc2n3-c2cccc3c2oc2ccccc23)cc1. The Morgan fingerprint density at radius 2 is 0.897 bits per heavy atom. The highest BCUT2D eigenvalue weighted by Gasteiger charge is 2.24. The molecule has 0 aliphatic heterocycles. The van der Waals surface area contributed by atoms with Crippen molar-refractivity contribution in [1.29, 1.82) is 0 Å². The monoisotopic (exact) mass is 868 g/mol. The van der Waals surface area contributed by atoms with Gasteiger partial charge < -0.3 is 18.3 Å². The van der Waals surface area contributed by atoms with Crippen molar-refractivity contribution in [2.24, 2.45) is 0 Å². The molecular weight excluding hydrogens is 829 g/mol. The molecular formula is C64H40N2O2. The fourth-order valence-corrected chi connectivity index (χ4v) is 10.5. The predicted molar refractivity (Wildman–Crippen MR) is 284 cm³/mol. The van der Waals surface area contributed by atoms with E-state index < -0.39 is 0 Å². The minimum atomic E-state index is 0.842. The molecule has 0 saturated carbocycles. The van der Waals surface area contributed by atoms with Crippen LogP contribution in [-0.2, 0) is 0 Å². The quantitative estimate of drug-likeness (QED) is 0.160. The molecule has 0 unspecified atom stereocenters. The van der Waals surface area contributed by atoms with E-state index in [0.717, 1.165) is 111 Å². The molecule has 11 aromatic carbocycles. The molecule has 0 aliphatic rings. The maximum atomic E-state index is 6.86. The first-order valence-electron chi connectivity index (χ1n) is 23.1. The third-order valence-corrected chi connectivity index (χ3v) is 13.7. The third-order valence-electron chi connectivity index (χ3n) is 13.7. The number of aromatic nitrogens is 1. The van der Waals surface area contributed by atoms with E-state index in [1.54, 1.807) is 0 Å². The van der Waals surface area contributed by atoms with Crippen LogP contribution in [0.3, 0.4) is 0 Å². The Labute approximate surface area is 391 Å². The van der Waals surface area contributed by atoms with Crippen LogP contribution in [0.25, 0.3) is 116 Å². The fourth-order valence-electron chi connectivity index (χ4n) is 10.5. The number of benzene rings is 11. The number of hydrogen-bond donors (Lipinski definition) is 0. The molecule has 3 heterocycles. The highest BCUT2D eigenvalue weighted by atomic mass is 16.3. The van der Waals surface area contributed by atoms with Crippen molar-refractivity contribution >= 4 is 93.5 Å². The van der Waals surface area contributed by atoms with Crippen molar-refractivity contribution in [3.05, 3.63) is 243 Å². The van der Waals surface area contributed by atoms with E-state index >= 15 is 0 Å². The standard InChI is InChI=1S/C64H40N2O2/c1-3-14-41(15-4-1)47-37-56(44-17-5-2-6-18-44)63-57(38-47)51-34-32-49(39-59(51)66(63)58-23-13-22-55-53-21-10-12-25-61(53)68-64(55)58)65(50-33-35-54-52-20-9-11-24-60(52)67-62(54)40-50)48-30-28-43(29-31-48)46-27-26-42-16-7-8-19-45(42)36-46/h1-40H. The minimum absolute atomic E-state index is 0.842. The number of furan rings is 2. The lowest BCUT2D eigenvalue weighted by Crippen LogP contribution is -2.10. The summed E-state index contributed by atoms with van der Waals surface area (Å²) in [5.41, 5.74) is 16.6. The topological polar surface area (TPSA) is 34.5 Å². The van der Waals surface area contributed by atoms with Crippen molar-refractivity contribution in [3.8, 4) is 39.1 Å². The highest BCUT2D eigenvalue weighted by Crippen LogP contribution is 2.46. The van der Waals surface area contributed by atoms with Crippen LogP contribution in [0.4, 0.5) is 17.1 Å². The zero-order valence-electron chi connectivity index (χ0n) is 36.8. The van der Waals surface area contributed by atoms with E-state index in [9.17, 15) is 0 Å². The molecule has 0 spiro atoms. The molecule has 68 heavy (non-hydrogen) atoms. The van der Waals surface area contributed by atoms with Crippen molar-refractivity contribution in [3.63, 3.8) is 0 Å². The van der Waals surface area contributed by atoms with Crippen LogP contribution in [0.5, 0.6) is 0 Å². The summed E-state index contributed by atoms with van der Waals surface area (Å²) in [5, 5.41) is 9.14. The smallest absolute Gasteiger partial charge is 0.159 e. The highest BCUT2D eigenvalue weighted by molar-refractivity contribution is 6.18. The first-order valence-corrected chi connectivity index (χ1v) is 23.1. The van der Waals surface area contributed by atoms with Crippen LogP contribution in [0.1, 0.15) is 0 Å². The van der Waals surface area contributed by atoms with Gasteiger partial charge in [0.05, 0.1) is 16.7 Å². The minimum Gasteiger partial charge on any atom is -0.456 e. The number of fused-ring (bicyclic) bond motifs is 10. The second kappa shape index (κ2) is 15.2. The summed E-state index contributed by atoms with van der Waals surface area (Å²) in [6.45, 7) is 0. The van der Waals surface area contributed by atoms with E-state index in [4.69, 9.17) is 8.83 Å². The van der Waals surface area contributed by atoms with Gasteiger partial charge in [0.25, 0.3) is 0 Å². The van der Waals surface area contributed by atoms with Crippen LogP contribution in [0, 0.1) is 0 Å². The van der Waals surface area contributed by atoms with Crippen molar-refractivity contribution < 1.29 is 8.83 Å². The lowest BCUT2D eigenvalue weighted by atomic mass is 9.95. The molecule has 0 radical (unpaired) electrons. The molecule has 0 saturated heterocycles. The van der Waals surface area contributed by atoms with Gasteiger partial charge in [-0.15, -0.1) is 0 Å². The maximum Gasteiger partial charge on any atom is 0.159 e. The molecule has 318 valence electrons. The Bertz CT molecular complexity index is 4250. The second-order valence-electron chi connectivity index (χ2n) is 17.7. The van der Waals surface area contributed by atoms with Gasteiger partial charge in [0, 0.05) is 61.0 Å². The molecule has 4 nitrogen and oxygen atoms in total. The Balaban J connectivity index is 1.05. The lowest BCUT2D eigenvalue weighted by Gasteiger charge is -2.26. The Hall–Kier alpha value is -9.12. The van der Waals surface area contributed by atoms with Crippen LogP contribution in [0.2, 0.25) is 0 Å². The molecule has 14 aromatic rings. The lowest BCUT2D eigenvalue weighted by molar-refractivity contribution is 0.666. The van der Waals surface area contributed by atoms with Gasteiger partial charge in [0.2, 0.25) is 0 Å². The number of para-hydroxylation sites is 3. The van der Waals surface area contributed by atoms with Gasteiger partial charge in [-0.25, -0.2) is 0 Å². The second-order valence-corrected chi connectivity index (χ2v) is 17.7. The Morgan fingerprint density at radius 1 is 0.309 bits per heavy atom. The van der Waals surface area contributed by atoms with Crippen molar-refractivity contribution in [2.45, 2.75) is 0 Å². The van der Waals surface area contributed by atoms with Crippen LogP contribution in [-0.4, -0.2) is 4.57 Å². The van der Waals surface area contributed by atoms with E-state index in [0.29, 0.717) is 0 Å². The molecule has 0 aliphatic carbocycles. The zero-order chi connectivity index (χ0) is 44.7. The molecule has 0 atom stereocenters. The molecule has 3 aromatic heterocycles. The number of rotatable bonds is 7. The molecule has 0 bridgehead atoms. The molecule has 0 fully saturated rings. The van der Waals surface area contributed by atoms with Gasteiger partial charge in [0.15, 0.2) is 5.58 Å². The Morgan fingerprint density at radius 3 is 1.69 bits per heavy atom. The van der Waals surface area contributed by atoms with Gasteiger partial charge in [-0.05, 0) is 111 Å². The third kappa shape index (κ3) is 6.08. The largest absolute Gasteiger partial charge is 0.456 e. The normalized spacial score (nSPS) is 11.8. The summed E-state index contributed by atoms with van der Waals surface area (Å²) < 4.78 is 15.8. The average molecular weight is 869 g/mol. The van der Waals surface area contributed by atoms with Gasteiger partial charge in [-0.1, -0.05) is 164 Å². The fraction of sp³-hybridized carbons (Fsp3) is 0. The molecule has 14 rings (SSSR count). The zero-order valence-corrected chi connectivity index (χ0v) is 36.8. The number of nitrogens with zero attached hydrogens (tertiary/aromatic N) is 2. The summed E-state index contributed by atoms with van der Waals surface area (Å²) in [4.78, 5) is 2.35. The van der Waals surface area contributed by atoms with Crippen molar-refractivity contribution in [2.75, 3.05) is 4.90 Å².